The Morgan fingerprint density at radius 3 is 2.58 bits per heavy atom. The molecular formula is C33H46ClFN6O2. The van der Waals surface area contributed by atoms with Crippen LogP contribution in [0.1, 0.15) is 69.7 Å². The molecule has 2 aromatic rings. The SMILES string of the molecule is C=C(F)C(=O)N1CCN(c2nc(OCC3CCCN3C)nc(CCCc3ccccc3Cl)c2CCC)CC1CC#N.CC. The molecule has 0 aliphatic carbocycles. The first-order valence-corrected chi connectivity index (χ1v) is 15.9. The number of anilines is 1. The molecule has 3 heterocycles. The number of halogens is 2. The van der Waals surface area contributed by atoms with E-state index >= 15 is 0 Å². The molecule has 234 valence electrons. The number of piperazine rings is 1. The molecule has 0 spiro atoms. The number of amides is 1. The Balaban J connectivity index is 0.00000248. The van der Waals surface area contributed by atoms with Crippen molar-refractivity contribution in [3.05, 3.63) is 58.5 Å². The van der Waals surface area contributed by atoms with E-state index in [4.69, 9.17) is 26.3 Å². The second kappa shape index (κ2) is 17.2. The number of nitrogens with zero attached hydrogens (tertiary/aromatic N) is 6. The zero-order valence-corrected chi connectivity index (χ0v) is 26.9. The predicted octanol–water partition coefficient (Wildman–Crippen LogP) is 6.17. The minimum absolute atomic E-state index is 0.0891. The zero-order chi connectivity index (χ0) is 31.4. The molecule has 0 bridgehead atoms. The number of likely N-dealkylation sites (N-methyl/N-ethyl adjacent to an activating group) is 1. The first kappa shape index (κ1) is 34.3. The molecule has 43 heavy (non-hydrogen) atoms. The molecule has 2 saturated heterocycles. The van der Waals surface area contributed by atoms with Gasteiger partial charge in [0.1, 0.15) is 12.4 Å². The summed E-state index contributed by atoms with van der Waals surface area (Å²) in [5.74, 6) is -0.992. The third kappa shape index (κ3) is 9.14. The van der Waals surface area contributed by atoms with Gasteiger partial charge in [0.2, 0.25) is 0 Å². The van der Waals surface area contributed by atoms with Crippen LogP contribution >= 0.6 is 11.6 Å². The first-order chi connectivity index (χ1) is 20.8. The van der Waals surface area contributed by atoms with Crippen molar-refractivity contribution in [1.82, 2.24) is 19.8 Å². The Bertz CT molecular complexity index is 1270. The van der Waals surface area contributed by atoms with Crippen LogP contribution in [-0.2, 0) is 24.1 Å². The van der Waals surface area contributed by atoms with Crippen LogP contribution in [0.4, 0.5) is 10.2 Å². The lowest BCUT2D eigenvalue weighted by atomic mass is 10.0. The maximum atomic E-state index is 13.8. The number of nitriles is 1. The smallest absolute Gasteiger partial charge is 0.318 e. The highest BCUT2D eigenvalue weighted by atomic mass is 35.5. The molecule has 8 nitrogen and oxygen atoms in total. The van der Waals surface area contributed by atoms with Gasteiger partial charge in [0.25, 0.3) is 5.91 Å². The third-order valence-corrected chi connectivity index (χ3v) is 8.42. The summed E-state index contributed by atoms with van der Waals surface area (Å²) in [4.78, 5) is 28.1. The lowest BCUT2D eigenvalue weighted by Crippen LogP contribution is -2.55. The van der Waals surface area contributed by atoms with Gasteiger partial charge in [0, 0.05) is 36.3 Å². The number of rotatable bonds is 12. The van der Waals surface area contributed by atoms with Gasteiger partial charge in [-0.05, 0) is 63.7 Å². The normalized spacial score (nSPS) is 18.5. The average molecular weight is 613 g/mol. The molecule has 2 fully saturated rings. The summed E-state index contributed by atoms with van der Waals surface area (Å²) >= 11 is 6.41. The van der Waals surface area contributed by atoms with Gasteiger partial charge in [0.15, 0.2) is 5.83 Å². The van der Waals surface area contributed by atoms with Gasteiger partial charge in [-0.3, -0.25) is 4.79 Å². The predicted molar refractivity (Wildman–Crippen MR) is 170 cm³/mol. The minimum atomic E-state index is -1.01. The summed E-state index contributed by atoms with van der Waals surface area (Å²) in [6.07, 6.45) is 6.42. The summed E-state index contributed by atoms with van der Waals surface area (Å²) in [6.45, 7) is 12.0. The summed E-state index contributed by atoms with van der Waals surface area (Å²) < 4.78 is 20.0. The van der Waals surface area contributed by atoms with Crippen LogP contribution in [0, 0.1) is 11.3 Å². The van der Waals surface area contributed by atoms with E-state index in [0.29, 0.717) is 31.7 Å². The van der Waals surface area contributed by atoms with Crippen molar-refractivity contribution in [3.63, 3.8) is 0 Å². The Labute approximate surface area is 261 Å². The molecule has 0 N–H and O–H groups in total. The van der Waals surface area contributed by atoms with Crippen molar-refractivity contribution >= 4 is 23.3 Å². The van der Waals surface area contributed by atoms with Crippen LogP contribution in [0.2, 0.25) is 5.02 Å². The molecule has 1 aromatic carbocycles. The highest BCUT2D eigenvalue weighted by Crippen LogP contribution is 2.30. The molecule has 2 aliphatic heterocycles. The molecule has 2 atom stereocenters. The lowest BCUT2D eigenvalue weighted by Gasteiger charge is -2.41. The van der Waals surface area contributed by atoms with Crippen LogP contribution in [0.15, 0.2) is 36.7 Å². The van der Waals surface area contributed by atoms with E-state index in [0.717, 1.165) is 79.2 Å². The Kier molecular flexibility index (Phi) is 13.7. The monoisotopic (exact) mass is 612 g/mol. The lowest BCUT2D eigenvalue weighted by molar-refractivity contribution is -0.131. The zero-order valence-electron chi connectivity index (χ0n) is 26.1. The maximum absolute atomic E-state index is 13.8. The molecule has 1 amide bonds. The van der Waals surface area contributed by atoms with E-state index in [1.54, 1.807) is 0 Å². The van der Waals surface area contributed by atoms with Crippen molar-refractivity contribution in [2.75, 3.05) is 44.7 Å². The van der Waals surface area contributed by atoms with Crippen molar-refractivity contribution < 1.29 is 13.9 Å². The number of hydrogen-bond donors (Lipinski definition) is 0. The number of ether oxygens (including phenoxy) is 1. The van der Waals surface area contributed by atoms with Crippen molar-refractivity contribution in [2.45, 2.75) is 84.2 Å². The number of likely N-dealkylation sites (tertiary alicyclic amines) is 1. The van der Waals surface area contributed by atoms with Gasteiger partial charge in [-0.1, -0.05) is 63.6 Å². The van der Waals surface area contributed by atoms with E-state index in [1.165, 1.54) is 4.90 Å². The van der Waals surface area contributed by atoms with Gasteiger partial charge < -0.3 is 19.4 Å². The van der Waals surface area contributed by atoms with Crippen LogP contribution in [0.3, 0.4) is 0 Å². The van der Waals surface area contributed by atoms with E-state index < -0.39 is 17.8 Å². The van der Waals surface area contributed by atoms with Crippen molar-refractivity contribution in [2.24, 2.45) is 0 Å². The number of aromatic nitrogens is 2. The number of carbonyl (C=O) groups is 1. The van der Waals surface area contributed by atoms with E-state index in [1.807, 2.05) is 32.0 Å². The Hall–Kier alpha value is -3.22. The average Bonchev–Trinajstić information content (AvgIpc) is 3.43. The topological polar surface area (TPSA) is 85.6 Å². The van der Waals surface area contributed by atoms with E-state index in [2.05, 4.69) is 42.5 Å². The quantitative estimate of drug-likeness (QED) is 0.265. The van der Waals surface area contributed by atoms with Crippen LogP contribution < -0.4 is 9.64 Å². The number of carbonyl (C=O) groups excluding carboxylic acids is 1. The van der Waals surface area contributed by atoms with E-state index in [-0.39, 0.29) is 13.0 Å². The molecule has 10 heteroatoms. The van der Waals surface area contributed by atoms with Gasteiger partial charge in [-0.25, -0.2) is 4.39 Å². The summed E-state index contributed by atoms with van der Waals surface area (Å²) in [6, 6.07) is 10.2. The summed E-state index contributed by atoms with van der Waals surface area (Å²) in [5.41, 5.74) is 3.12. The van der Waals surface area contributed by atoms with Crippen LogP contribution in [0.25, 0.3) is 0 Å². The molecule has 4 rings (SSSR count). The first-order valence-electron chi connectivity index (χ1n) is 15.6. The van der Waals surface area contributed by atoms with Crippen molar-refractivity contribution in [1.29, 1.82) is 5.26 Å². The molecule has 1 aromatic heterocycles. The fraction of sp³-hybridized carbons (Fsp3) is 0.576. The fourth-order valence-electron chi connectivity index (χ4n) is 5.79. The van der Waals surface area contributed by atoms with Crippen LogP contribution in [-0.4, -0.2) is 77.6 Å². The number of aryl methyl sites for hydroxylation is 2. The molecule has 0 radical (unpaired) electrons. The maximum Gasteiger partial charge on any atom is 0.318 e. The van der Waals surface area contributed by atoms with Crippen molar-refractivity contribution in [3.8, 4) is 12.1 Å². The van der Waals surface area contributed by atoms with Gasteiger partial charge in [0.05, 0.1) is 24.2 Å². The van der Waals surface area contributed by atoms with Gasteiger partial charge >= 0.3 is 6.01 Å². The van der Waals surface area contributed by atoms with Gasteiger partial charge in [-0.15, -0.1) is 0 Å². The largest absolute Gasteiger partial charge is 0.462 e. The summed E-state index contributed by atoms with van der Waals surface area (Å²) in [5, 5.41) is 10.2. The summed E-state index contributed by atoms with van der Waals surface area (Å²) in [7, 11) is 2.11. The fourth-order valence-corrected chi connectivity index (χ4v) is 6.02. The number of hydrogen-bond acceptors (Lipinski definition) is 7. The van der Waals surface area contributed by atoms with Gasteiger partial charge in [-0.2, -0.15) is 15.2 Å². The van der Waals surface area contributed by atoms with Crippen LogP contribution in [0.5, 0.6) is 6.01 Å². The molecule has 2 unspecified atom stereocenters. The number of benzene rings is 1. The van der Waals surface area contributed by atoms with E-state index in [9.17, 15) is 14.4 Å². The standard InChI is InChI=1S/C31H40ClFN6O2.C2H6/c1-4-9-26-28(14-7-11-23-10-5-6-13-27(23)32)35-31(41-21-25-12-8-17-37(25)3)36-29(26)38-18-19-39(30(40)22(2)33)24(20-38)15-16-34;1-2/h5-6,10,13,24-25H,2,4,7-9,11-12,14-15,17-21H2,1,3H3;1-2H3. The molecular weight excluding hydrogens is 567 g/mol. The highest BCUT2D eigenvalue weighted by Gasteiger charge is 2.34. The second-order valence-corrected chi connectivity index (χ2v) is 11.3. The Morgan fingerprint density at radius 1 is 1.16 bits per heavy atom. The minimum Gasteiger partial charge on any atom is -0.462 e. The Morgan fingerprint density at radius 2 is 1.93 bits per heavy atom. The third-order valence-electron chi connectivity index (χ3n) is 8.05. The molecule has 2 aliphatic rings. The highest BCUT2D eigenvalue weighted by molar-refractivity contribution is 6.31. The molecule has 0 saturated carbocycles. The second-order valence-electron chi connectivity index (χ2n) is 10.9.